The van der Waals surface area contributed by atoms with Gasteiger partial charge < -0.3 is 10.5 Å². The average Bonchev–Trinajstić information content (AvgIpc) is 3.20. The van der Waals surface area contributed by atoms with Crippen molar-refractivity contribution in [1.82, 2.24) is 0 Å². The minimum absolute atomic E-state index is 0.279. The molecule has 2 aliphatic rings. The van der Waals surface area contributed by atoms with Crippen LogP contribution < -0.4 is 10.5 Å². The van der Waals surface area contributed by atoms with Gasteiger partial charge in [0.05, 0.1) is 17.5 Å². The van der Waals surface area contributed by atoms with Gasteiger partial charge in [0.2, 0.25) is 0 Å². The molecular weight excluding hydrogens is 364 g/mol. The number of thioether (sulfide) groups is 1. The molecule has 2 N–H and O–H groups in total. The highest BCUT2D eigenvalue weighted by Gasteiger charge is 2.20. The third-order valence-electron chi connectivity index (χ3n) is 5.95. The number of nitrogens with zero attached hydrogens (tertiary/aromatic N) is 1. The van der Waals surface area contributed by atoms with Gasteiger partial charge in [0, 0.05) is 6.07 Å². The van der Waals surface area contributed by atoms with Crippen molar-refractivity contribution in [1.29, 1.82) is 0 Å². The highest BCUT2D eigenvalue weighted by molar-refractivity contribution is 8.03. The first kappa shape index (κ1) is 21.3. The molecule has 28 heavy (non-hydrogen) atoms. The number of ether oxygens (including phenoxy) is 1. The van der Waals surface area contributed by atoms with Crippen molar-refractivity contribution in [2.75, 3.05) is 6.61 Å². The quantitative estimate of drug-likeness (QED) is 0.379. The number of aliphatic imine (C=N–C) groups is 1. The Labute approximate surface area is 175 Å². The molecule has 0 spiro atoms. The topological polar surface area (TPSA) is 47.6 Å². The van der Waals surface area contributed by atoms with E-state index in [4.69, 9.17) is 10.5 Å². The average molecular weight is 401 g/mol. The van der Waals surface area contributed by atoms with Gasteiger partial charge in [0.1, 0.15) is 11.6 Å². The first-order chi connectivity index (χ1) is 13.7. The summed E-state index contributed by atoms with van der Waals surface area (Å²) in [5.41, 5.74) is 8.53. The van der Waals surface area contributed by atoms with Crippen molar-refractivity contribution in [2.45, 2.75) is 82.8 Å². The molecule has 0 fully saturated rings. The van der Waals surface area contributed by atoms with Gasteiger partial charge in [-0.3, -0.25) is 0 Å². The zero-order chi connectivity index (χ0) is 19.8. The maximum absolute atomic E-state index is 6.24. The predicted molar refractivity (Wildman–Crippen MR) is 123 cm³/mol. The molecule has 2 aliphatic heterocycles. The Morgan fingerprint density at radius 1 is 1.32 bits per heavy atom. The summed E-state index contributed by atoms with van der Waals surface area (Å²) in [5.74, 6) is 3.19. The molecule has 0 radical (unpaired) electrons. The molecule has 3 rings (SSSR count). The van der Waals surface area contributed by atoms with Crippen LogP contribution >= 0.6 is 11.8 Å². The number of hydrogen-bond acceptors (Lipinski definition) is 3. The summed E-state index contributed by atoms with van der Waals surface area (Å²) >= 11 is 1.75. The van der Waals surface area contributed by atoms with Gasteiger partial charge >= 0.3 is 0 Å². The number of rotatable bonds is 8. The van der Waals surface area contributed by atoms with E-state index in [2.05, 4.69) is 48.5 Å². The molecule has 0 saturated carbocycles. The van der Waals surface area contributed by atoms with Gasteiger partial charge in [-0.25, -0.2) is 4.99 Å². The number of nitrogens with two attached hydrogens (primary N) is 1. The molecule has 0 aliphatic carbocycles. The van der Waals surface area contributed by atoms with Crippen LogP contribution in [0.1, 0.15) is 83.1 Å². The Morgan fingerprint density at radius 2 is 2.21 bits per heavy atom. The van der Waals surface area contributed by atoms with Crippen LogP contribution in [0.3, 0.4) is 0 Å². The van der Waals surface area contributed by atoms with E-state index in [-0.39, 0.29) is 5.25 Å². The summed E-state index contributed by atoms with van der Waals surface area (Å²) in [4.78, 5) is 4.69. The fourth-order valence-corrected chi connectivity index (χ4v) is 5.16. The summed E-state index contributed by atoms with van der Waals surface area (Å²) in [6.45, 7) is 5.48. The fraction of sp³-hybridized carbons (Fsp3) is 0.625. The Balaban J connectivity index is 1.69. The Bertz CT molecular complexity index is 677. The second-order valence-electron chi connectivity index (χ2n) is 8.36. The second kappa shape index (κ2) is 10.9. The lowest BCUT2D eigenvalue weighted by Crippen LogP contribution is -2.23. The van der Waals surface area contributed by atoms with Gasteiger partial charge in [0.15, 0.2) is 0 Å². The molecule has 4 heteroatoms. The van der Waals surface area contributed by atoms with Crippen molar-refractivity contribution in [3.8, 4) is 5.75 Å². The van der Waals surface area contributed by atoms with E-state index >= 15 is 0 Å². The zero-order valence-electron chi connectivity index (χ0n) is 17.5. The van der Waals surface area contributed by atoms with Gasteiger partial charge in [-0.15, -0.1) is 11.8 Å². The van der Waals surface area contributed by atoms with Gasteiger partial charge in [-0.2, -0.15) is 0 Å². The van der Waals surface area contributed by atoms with E-state index in [9.17, 15) is 0 Å². The van der Waals surface area contributed by atoms with Crippen LogP contribution in [0.5, 0.6) is 5.75 Å². The first-order valence-corrected chi connectivity index (χ1v) is 12.0. The van der Waals surface area contributed by atoms with Crippen LogP contribution in [0.2, 0.25) is 0 Å². The summed E-state index contributed by atoms with van der Waals surface area (Å²) in [7, 11) is 0. The highest BCUT2D eigenvalue weighted by atomic mass is 32.2. The summed E-state index contributed by atoms with van der Waals surface area (Å²) in [6, 6.07) is 6.47. The van der Waals surface area contributed by atoms with Crippen LogP contribution in [-0.2, 0) is 0 Å². The summed E-state index contributed by atoms with van der Waals surface area (Å²) in [6.07, 6.45) is 13.4. The monoisotopic (exact) mass is 400 g/mol. The van der Waals surface area contributed by atoms with E-state index in [1.165, 1.54) is 50.5 Å². The smallest absolute Gasteiger partial charge is 0.124 e. The van der Waals surface area contributed by atoms with Crippen molar-refractivity contribution in [2.24, 2.45) is 16.6 Å². The molecule has 0 amide bonds. The minimum Gasteiger partial charge on any atom is -0.493 e. The van der Waals surface area contributed by atoms with Crippen LogP contribution in [0.4, 0.5) is 5.69 Å². The number of hydrogen-bond donors (Lipinski definition) is 1. The molecule has 0 aromatic heterocycles. The number of benzene rings is 1. The molecule has 3 nitrogen and oxygen atoms in total. The predicted octanol–water partition coefficient (Wildman–Crippen LogP) is 6.95. The number of fused-ring (bicyclic) bond motifs is 1. The molecule has 1 aromatic carbocycles. The molecular formula is C24H36N2OS. The molecule has 3 atom stereocenters. The van der Waals surface area contributed by atoms with Crippen molar-refractivity contribution in [3.63, 3.8) is 0 Å². The lowest BCUT2D eigenvalue weighted by Gasteiger charge is -2.24. The Morgan fingerprint density at radius 3 is 3.00 bits per heavy atom. The fourth-order valence-electron chi connectivity index (χ4n) is 4.33. The normalized spacial score (nSPS) is 23.6. The molecule has 2 heterocycles. The largest absolute Gasteiger partial charge is 0.493 e. The lowest BCUT2D eigenvalue weighted by atomic mass is 9.86. The van der Waals surface area contributed by atoms with E-state index in [1.54, 1.807) is 11.8 Å². The second-order valence-corrected chi connectivity index (χ2v) is 9.47. The molecule has 154 valence electrons. The number of allylic oxidation sites excluding steroid dienone is 1. The van der Waals surface area contributed by atoms with Crippen molar-refractivity contribution >= 4 is 23.3 Å². The van der Waals surface area contributed by atoms with Gasteiger partial charge in [-0.1, -0.05) is 51.7 Å². The van der Waals surface area contributed by atoms with E-state index < -0.39 is 0 Å². The molecule has 0 saturated heterocycles. The SMILES string of the molecule is CCCC(C)CCCC1CCCCOc2cc(N=C(N)C3CC=CS3)ccc21. The van der Waals surface area contributed by atoms with Crippen LogP contribution in [0, 0.1) is 5.92 Å². The summed E-state index contributed by atoms with van der Waals surface area (Å²) < 4.78 is 6.14. The van der Waals surface area contributed by atoms with Crippen LogP contribution in [0.15, 0.2) is 34.7 Å². The van der Waals surface area contributed by atoms with Gasteiger partial charge in [-0.05, 0) is 61.0 Å². The van der Waals surface area contributed by atoms with Crippen molar-refractivity contribution in [3.05, 3.63) is 35.2 Å². The standard InChI is InChI=1S/C24H36N2OS/c1-3-8-18(2)9-6-11-19-10-4-5-15-27-22-17-20(13-14-21(19)22)26-24(25)23-12-7-16-28-23/h7,13-14,16-19,23H,3-6,8-12,15H2,1-2H3,(H2,25,26). The van der Waals surface area contributed by atoms with E-state index in [0.717, 1.165) is 36.8 Å². The molecule has 1 aromatic rings. The number of amidine groups is 1. The summed E-state index contributed by atoms with van der Waals surface area (Å²) in [5, 5.41) is 2.39. The van der Waals surface area contributed by atoms with E-state index in [1.807, 2.05) is 0 Å². The zero-order valence-corrected chi connectivity index (χ0v) is 18.3. The lowest BCUT2D eigenvalue weighted by molar-refractivity contribution is 0.283. The third-order valence-corrected chi connectivity index (χ3v) is 7.06. The first-order valence-electron chi connectivity index (χ1n) is 11.1. The molecule has 3 unspecified atom stereocenters. The van der Waals surface area contributed by atoms with Gasteiger partial charge in [0.25, 0.3) is 0 Å². The maximum atomic E-state index is 6.24. The van der Waals surface area contributed by atoms with E-state index in [0.29, 0.717) is 11.8 Å². The highest BCUT2D eigenvalue weighted by Crippen LogP contribution is 2.38. The van der Waals surface area contributed by atoms with Crippen LogP contribution in [0.25, 0.3) is 0 Å². The van der Waals surface area contributed by atoms with Crippen LogP contribution in [-0.4, -0.2) is 17.7 Å². The Kier molecular flexibility index (Phi) is 8.32. The Hall–Kier alpha value is -1.42. The minimum atomic E-state index is 0.279. The van der Waals surface area contributed by atoms with Crippen molar-refractivity contribution < 1.29 is 4.74 Å². The third kappa shape index (κ3) is 6.04. The maximum Gasteiger partial charge on any atom is 0.124 e. The molecule has 0 bridgehead atoms.